The Morgan fingerprint density at radius 2 is 2.10 bits per heavy atom. The van der Waals surface area contributed by atoms with E-state index in [-0.39, 0.29) is 11.8 Å². The number of hydrogen-bond donors (Lipinski definition) is 3. The molecule has 1 saturated heterocycles. The fourth-order valence-electron chi connectivity index (χ4n) is 2.31. The van der Waals surface area contributed by atoms with Crippen molar-refractivity contribution in [1.82, 2.24) is 14.5 Å². The maximum atomic E-state index is 10.1. The number of aliphatic hydroxyl groups is 3. The second-order valence-corrected chi connectivity index (χ2v) is 5.69. The van der Waals surface area contributed by atoms with E-state index < -0.39 is 24.5 Å². The fraction of sp³-hybridized carbons (Fsp3) is 0.455. The van der Waals surface area contributed by atoms with Crippen LogP contribution >= 0.6 is 27.5 Å². The lowest BCUT2D eigenvalue weighted by molar-refractivity contribution is -0.0509. The molecule has 0 bridgehead atoms. The zero-order valence-corrected chi connectivity index (χ0v) is 12.4. The molecule has 1 aliphatic heterocycles. The largest absolute Gasteiger partial charge is 0.394 e. The lowest BCUT2D eigenvalue weighted by atomic mass is 10.1. The van der Waals surface area contributed by atoms with Gasteiger partial charge in [-0.1, -0.05) is 11.6 Å². The van der Waals surface area contributed by atoms with Crippen LogP contribution in [-0.4, -0.2) is 54.8 Å². The topological polar surface area (TPSA) is 101 Å². The minimum absolute atomic E-state index is 0.271. The van der Waals surface area contributed by atoms with E-state index in [1.54, 1.807) is 10.8 Å². The van der Waals surface area contributed by atoms with Crippen molar-refractivity contribution in [3.8, 4) is 0 Å². The maximum absolute atomic E-state index is 10.1. The van der Waals surface area contributed by atoms with E-state index >= 15 is 0 Å². The molecule has 0 amide bonds. The number of aliphatic hydroxyl groups excluding tert-OH is 3. The molecule has 7 nitrogen and oxygen atoms in total. The van der Waals surface area contributed by atoms with Gasteiger partial charge in [-0.2, -0.15) is 0 Å². The van der Waals surface area contributed by atoms with E-state index in [0.717, 1.165) is 0 Å². The molecule has 4 atom stereocenters. The van der Waals surface area contributed by atoms with Crippen LogP contribution in [0.4, 0.5) is 0 Å². The molecular weight excluding hydrogens is 353 g/mol. The molecule has 0 aliphatic carbocycles. The van der Waals surface area contributed by atoms with Crippen LogP contribution in [0.25, 0.3) is 11.0 Å². The summed E-state index contributed by atoms with van der Waals surface area (Å²) in [4.78, 5) is 8.01. The molecule has 3 N–H and O–H groups in total. The van der Waals surface area contributed by atoms with Crippen molar-refractivity contribution in [3.63, 3.8) is 0 Å². The maximum Gasteiger partial charge on any atom is 0.164 e. The van der Waals surface area contributed by atoms with Crippen molar-refractivity contribution in [3.05, 3.63) is 22.1 Å². The average Bonchev–Trinajstić information content (AvgIpc) is 2.90. The normalized spacial score (nSPS) is 30.2. The van der Waals surface area contributed by atoms with Gasteiger partial charge in [0.15, 0.2) is 6.23 Å². The van der Waals surface area contributed by atoms with Gasteiger partial charge >= 0.3 is 0 Å². The quantitative estimate of drug-likeness (QED) is 0.669. The molecule has 0 unspecified atom stereocenters. The molecule has 108 valence electrons. The van der Waals surface area contributed by atoms with Crippen molar-refractivity contribution in [2.75, 3.05) is 6.61 Å². The molecule has 0 saturated carbocycles. The van der Waals surface area contributed by atoms with Gasteiger partial charge in [-0.05, 0) is 15.9 Å². The van der Waals surface area contributed by atoms with Gasteiger partial charge in [-0.25, -0.2) is 9.97 Å². The Hall–Kier alpha value is -0.770. The zero-order valence-electron chi connectivity index (χ0n) is 10.0. The van der Waals surface area contributed by atoms with Gasteiger partial charge in [0, 0.05) is 10.7 Å². The molecule has 0 aromatic carbocycles. The molecule has 3 heterocycles. The van der Waals surface area contributed by atoms with Gasteiger partial charge in [0.05, 0.1) is 12.0 Å². The number of halogens is 2. The number of ether oxygens (including phenoxy) is 1. The minimum atomic E-state index is -1.18. The van der Waals surface area contributed by atoms with E-state index in [1.165, 1.54) is 6.33 Å². The van der Waals surface area contributed by atoms with E-state index in [4.69, 9.17) is 21.4 Å². The van der Waals surface area contributed by atoms with Crippen LogP contribution in [0.5, 0.6) is 0 Å². The number of hydrogen-bond acceptors (Lipinski definition) is 6. The van der Waals surface area contributed by atoms with Crippen molar-refractivity contribution in [1.29, 1.82) is 0 Å². The summed E-state index contributed by atoms with van der Waals surface area (Å²) in [6.45, 7) is -0.384. The van der Waals surface area contributed by atoms with Gasteiger partial charge in [0.1, 0.15) is 35.4 Å². The van der Waals surface area contributed by atoms with Gasteiger partial charge in [-0.3, -0.25) is 0 Å². The number of nitrogens with zero attached hydrogens (tertiary/aromatic N) is 3. The highest BCUT2D eigenvalue weighted by Gasteiger charge is 2.44. The molecular formula is C11H11BrClN3O4. The Morgan fingerprint density at radius 1 is 1.35 bits per heavy atom. The van der Waals surface area contributed by atoms with E-state index in [9.17, 15) is 10.2 Å². The molecule has 1 aliphatic rings. The van der Waals surface area contributed by atoms with Crippen LogP contribution in [-0.2, 0) is 4.74 Å². The van der Waals surface area contributed by atoms with Gasteiger partial charge in [0.2, 0.25) is 0 Å². The molecule has 2 aromatic rings. The molecule has 2 aromatic heterocycles. The van der Waals surface area contributed by atoms with Crippen molar-refractivity contribution < 1.29 is 20.1 Å². The summed E-state index contributed by atoms with van der Waals surface area (Å²) in [6.07, 6.45) is -1.10. The van der Waals surface area contributed by atoms with Crippen LogP contribution in [0, 0.1) is 0 Å². The number of aromatic nitrogens is 3. The highest BCUT2D eigenvalue weighted by Crippen LogP contribution is 2.36. The summed E-state index contributed by atoms with van der Waals surface area (Å²) in [5, 5.41) is 29.8. The summed E-state index contributed by atoms with van der Waals surface area (Å²) >= 11 is 9.36. The molecule has 0 radical (unpaired) electrons. The van der Waals surface area contributed by atoms with Crippen LogP contribution < -0.4 is 0 Å². The first kappa shape index (κ1) is 14.2. The number of fused-ring (bicyclic) bond motifs is 1. The monoisotopic (exact) mass is 363 g/mol. The smallest absolute Gasteiger partial charge is 0.164 e. The first-order valence-corrected chi connectivity index (χ1v) is 7.00. The lowest BCUT2D eigenvalue weighted by Gasteiger charge is -2.17. The third kappa shape index (κ3) is 2.03. The molecule has 1 fully saturated rings. The Morgan fingerprint density at radius 3 is 2.75 bits per heavy atom. The Balaban J connectivity index is 2.10. The summed E-state index contributed by atoms with van der Waals surface area (Å²) < 4.78 is 7.67. The van der Waals surface area contributed by atoms with Crippen molar-refractivity contribution in [2.24, 2.45) is 0 Å². The summed E-state index contributed by atoms with van der Waals surface area (Å²) in [5.74, 6) is 0. The first-order chi connectivity index (χ1) is 9.54. The highest BCUT2D eigenvalue weighted by atomic mass is 79.9. The van der Waals surface area contributed by atoms with E-state index in [1.807, 2.05) is 0 Å². The van der Waals surface area contributed by atoms with Crippen molar-refractivity contribution in [2.45, 2.75) is 24.5 Å². The Labute approximate surface area is 126 Å². The SMILES string of the molecule is OC[C@H]1O[C@@H](n2cc(Br)c3c(Cl)ncnc32)[C@@H](O)[C@H]1O. The van der Waals surface area contributed by atoms with Crippen LogP contribution in [0.1, 0.15) is 6.23 Å². The van der Waals surface area contributed by atoms with E-state index in [0.29, 0.717) is 15.5 Å². The van der Waals surface area contributed by atoms with Gasteiger partial charge in [0.25, 0.3) is 0 Å². The first-order valence-electron chi connectivity index (χ1n) is 5.83. The highest BCUT2D eigenvalue weighted by molar-refractivity contribution is 9.10. The summed E-state index contributed by atoms with van der Waals surface area (Å²) in [6, 6.07) is 0. The fourth-order valence-corrected chi connectivity index (χ4v) is 3.24. The standard InChI is InChI=1S/C11H11BrClN3O4/c12-4-1-16(10-6(4)9(13)14-3-15-10)11-8(19)7(18)5(2-17)20-11/h1,3,5,7-8,11,17-19H,2H2/t5-,7+,8+,11-/m1/s1. The zero-order chi connectivity index (χ0) is 14.4. The average molecular weight is 365 g/mol. The van der Waals surface area contributed by atoms with Crippen molar-refractivity contribution >= 4 is 38.6 Å². The van der Waals surface area contributed by atoms with Gasteiger partial charge in [-0.15, -0.1) is 0 Å². The Bertz CT molecular complexity index is 652. The number of rotatable bonds is 2. The Kier molecular flexibility index (Phi) is 3.69. The molecule has 9 heteroatoms. The van der Waals surface area contributed by atoms with Crippen LogP contribution in [0.3, 0.4) is 0 Å². The predicted molar refractivity (Wildman–Crippen MR) is 73.2 cm³/mol. The van der Waals surface area contributed by atoms with Crippen LogP contribution in [0.15, 0.2) is 17.0 Å². The summed E-state index contributed by atoms with van der Waals surface area (Å²) in [7, 11) is 0. The van der Waals surface area contributed by atoms with Crippen LogP contribution in [0.2, 0.25) is 5.15 Å². The van der Waals surface area contributed by atoms with Gasteiger partial charge < -0.3 is 24.6 Å². The van der Waals surface area contributed by atoms with E-state index in [2.05, 4.69) is 25.9 Å². The third-order valence-electron chi connectivity index (χ3n) is 3.31. The summed E-state index contributed by atoms with van der Waals surface area (Å²) in [5.41, 5.74) is 0.465. The third-order valence-corrected chi connectivity index (χ3v) is 4.20. The molecule has 20 heavy (non-hydrogen) atoms. The predicted octanol–water partition coefficient (Wildman–Crippen LogP) is 0.459. The molecule has 3 rings (SSSR count). The second kappa shape index (κ2) is 5.21. The molecule has 0 spiro atoms. The lowest BCUT2D eigenvalue weighted by Crippen LogP contribution is -2.33. The second-order valence-electron chi connectivity index (χ2n) is 4.48. The minimum Gasteiger partial charge on any atom is -0.394 e.